The lowest BCUT2D eigenvalue weighted by Crippen LogP contribution is -2.31. The van der Waals surface area contributed by atoms with Crippen LogP contribution in [-0.2, 0) is 4.74 Å². The van der Waals surface area contributed by atoms with Crippen molar-refractivity contribution >= 4 is 12.0 Å². The Kier molecular flexibility index (Phi) is 6.89. The van der Waals surface area contributed by atoms with Crippen molar-refractivity contribution in [3.05, 3.63) is 52.6 Å². The first-order valence-electron chi connectivity index (χ1n) is 9.36. The Morgan fingerprint density at radius 2 is 1.96 bits per heavy atom. The van der Waals surface area contributed by atoms with Gasteiger partial charge in [0.2, 0.25) is 0 Å². The molecule has 0 aliphatic carbocycles. The summed E-state index contributed by atoms with van der Waals surface area (Å²) < 4.78 is 10.8. The van der Waals surface area contributed by atoms with E-state index in [2.05, 4.69) is 32.9 Å². The molecule has 0 bridgehead atoms. The molecule has 2 rings (SSSR count). The monoisotopic (exact) mass is 370 g/mol. The second-order valence-electron chi connectivity index (χ2n) is 7.56. The van der Waals surface area contributed by atoms with Crippen LogP contribution in [0.1, 0.15) is 69.3 Å². The van der Waals surface area contributed by atoms with Crippen LogP contribution in [0.4, 0.5) is 0 Å². The minimum atomic E-state index is -0.492. The summed E-state index contributed by atoms with van der Waals surface area (Å²) in [7, 11) is 1.32. The van der Waals surface area contributed by atoms with Gasteiger partial charge in [-0.05, 0) is 71.6 Å². The fourth-order valence-electron chi connectivity index (χ4n) is 3.07. The number of ether oxygens (including phenoxy) is 2. The molecule has 1 unspecified atom stereocenters. The molecule has 146 valence electrons. The van der Waals surface area contributed by atoms with Crippen LogP contribution in [0.25, 0.3) is 6.08 Å². The molecule has 0 amide bonds. The Hall–Kier alpha value is -2.49. The van der Waals surface area contributed by atoms with Crippen LogP contribution in [-0.4, -0.2) is 23.8 Å². The zero-order chi connectivity index (χ0) is 20.0. The number of carbonyl (C=O) groups is 1. The van der Waals surface area contributed by atoms with Crippen molar-refractivity contribution < 1.29 is 19.4 Å². The van der Waals surface area contributed by atoms with Crippen molar-refractivity contribution in [1.82, 2.24) is 0 Å². The molecule has 0 fully saturated rings. The van der Waals surface area contributed by atoms with Gasteiger partial charge in [-0.15, -0.1) is 0 Å². The Balaban J connectivity index is 2.03. The molecule has 1 aliphatic heterocycles. The molecule has 0 saturated carbocycles. The average Bonchev–Trinajstić information content (AvgIpc) is 2.61. The van der Waals surface area contributed by atoms with E-state index in [1.807, 2.05) is 19.1 Å². The van der Waals surface area contributed by atoms with Gasteiger partial charge in [-0.2, -0.15) is 0 Å². The summed E-state index contributed by atoms with van der Waals surface area (Å²) >= 11 is 0. The fourth-order valence-corrected chi connectivity index (χ4v) is 3.07. The average molecular weight is 370 g/mol. The molecule has 1 aromatic rings. The number of rotatable bonds is 7. The molecule has 0 aromatic heterocycles. The van der Waals surface area contributed by atoms with E-state index in [1.54, 1.807) is 6.07 Å². The van der Waals surface area contributed by atoms with Gasteiger partial charge in [0.15, 0.2) is 11.5 Å². The highest BCUT2D eigenvalue weighted by Gasteiger charge is 2.29. The van der Waals surface area contributed by atoms with Crippen LogP contribution in [0.3, 0.4) is 0 Å². The summed E-state index contributed by atoms with van der Waals surface area (Å²) in [5, 5.41) is 10.3. The number of hydrogen-bond donors (Lipinski definition) is 1. The minimum absolute atomic E-state index is 0.0445. The second kappa shape index (κ2) is 8.94. The number of hydrogen-bond acceptors (Lipinski definition) is 4. The standard InChI is InChI=1S/C23H30O4/c1-16(2)8-6-9-17(3)10-7-12-23(4)13-11-18-14-19(22(25)26-5)15-20(24)21(18)27-23/h8,10-11,13-15,24H,6-7,9,12H2,1-5H3/b17-10+. The normalized spacial score (nSPS) is 18.5. The number of fused-ring (bicyclic) bond motifs is 1. The number of benzene rings is 1. The molecule has 0 spiro atoms. The van der Waals surface area contributed by atoms with Gasteiger partial charge in [-0.3, -0.25) is 0 Å². The SMILES string of the molecule is COC(=O)c1cc(O)c2c(c1)C=CC(C)(CC/C=C(\C)CCC=C(C)C)O2. The first kappa shape index (κ1) is 20.8. The first-order valence-corrected chi connectivity index (χ1v) is 9.36. The smallest absolute Gasteiger partial charge is 0.338 e. The van der Waals surface area contributed by atoms with E-state index < -0.39 is 11.6 Å². The third-order valence-electron chi connectivity index (χ3n) is 4.69. The summed E-state index contributed by atoms with van der Waals surface area (Å²) in [5.74, 6) is -0.114. The van der Waals surface area contributed by atoms with Gasteiger partial charge in [-0.1, -0.05) is 29.4 Å². The zero-order valence-electron chi connectivity index (χ0n) is 17.0. The number of phenols is 1. The van der Waals surface area contributed by atoms with Crippen molar-refractivity contribution in [1.29, 1.82) is 0 Å². The van der Waals surface area contributed by atoms with E-state index in [1.165, 1.54) is 24.3 Å². The highest BCUT2D eigenvalue weighted by molar-refractivity contribution is 5.91. The maximum absolute atomic E-state index is 11.7. The van der Waals surface area contributed by atoms with E-state index in [4.69, 9.17) is 9.47 Å². The maximum Gasteiger partial charge on any atom is 0.338 e. The van der Waals surface area contributed by atoms with Crippen LogP contribution >= 0.6 is 0 Å². The lowest BCUT2D eigenvalue weighted by atomic mass is 9.93. The van der Waals surface area contributed by atoms with Crippen LogP contribution in [0.2, 0.25) is 0 Å². The van der Waals surface area contributed by atoms with Crippen molar-refractivity contribution in [2.24, 2.45) is 0 Å². The molecular weight excluding hydrogens is 340 g/mol. The highest BCUT2D eigenvalue weighted by Crippen LogP contribution is 2.40. The molecular formula is C23H30O4. The van der Waals surface area contributed by atoms with Crippen LogP contribution in [0.15, 0.2) is 41.5 Å². The molecule has 1 atom stereocenters. The molecule has 1 N–H and O–H groups in total. The summed E-state index contributed by atoms with van der Waals surface area (Å²) in [6, 6.07) is 3.06. The molecule has 1 heterocycles. The van der Waals surface area contributed by atoms with Gasteiger partial charge in [-0.25, -0.2) is 4.79 Å². The third-order valence-corrected chi connectivity index (χ3v) is 4.69. The Morgan fingerprint density at radius 1 is 1.22 bits per heavy atom. The van der Waals surface area contributed by atoms with Gasteiger partial charge in [0.25, 0.3) is 0 Å². The molecule has 1 aromatic carbocycles. The number of allylic oxidation sites excluding steroid dienone is 4. The van der Waals surface area contributed by atoms with E-state index in [0.717, 1.165) is 25.7 Å². The maximum atomic E-state index is 11.7. The number of carbonyl (C=O) groups excluding carboxylic acids is 1. The van der Waals surface area contributed by atoms with Crippen molar-refractivity contribution in [3.63, 3.8) is 0 Å². The number of esters is 1. The molecule has 0 radical (unpaired) electrons. The third kappa shape index (κ3) is 5.75. The lowest BCUT2D eigenvalue weighted by Gasteiger charge is -2.32. The van der Waals surface area contributed by atoms with Gasteiger partial charge in [0, 0.05) is 5.56 Å². The number of methoxy groups -OCH3 is 1. The van der Waals surface area contributed by atoms with Gasteiger partial charge in [0.05, 0.1) is 12.7 Å². The Bertz CT molecular complexity index is 782. The quantitative estimate of drug-likeness (QED) is 0.486. The topological polar surface area (TPSA) is 55.8 Å². The summed E-state index contributed by atoms with van der Waals surface area (Å²) in [6.45, 7) is 8.41. The van der Waals surface area contributed by atoms with E-state index >= 15 is 0 Å². The second-order valence-corrected chi connectivity index (χ2v) is 7.56. The van der Waals surface area contributed by atoms with Gasteiger partial charge < -0.3 is 14.6 Å². The summed E-state index contributed by atoms with van der Waals surface area (Å²) in [4.78, 5) is 11.7. The largest absolute Gasteiger partial charge is 0.504 e. The predicted molar refractivity (Wildman–Crippen MR) is 109 cm³/mol. The predicted octanol–water partition coefficient (Wildman–Crippen LogP) is 5.82. The molecule has 27 heavy (non-hydrogen) atoms. The van der Waals surface area contributed by atoms with Crippen LogP contribution < -0.4 is 4.74 Å². The number of phenolic OH excluding ortho intramolecular Hbond substituents is 1. The van der Waals surface area contributed by atoms with E-state index in [-0.39, 0.29) is 5.75 Å². The molecule has 4 nitrogen and oxygen atoms in total. The Labute approximate surface area is 162 Å². The summed E-state index contributed by atoms with van der Waals surface area (Å²) in [5.41, 5.74) is 3.22. The highest BCUT2D eigenvalue weighted by atomic mass is 16.5. The molecule has 0 saturated heterocycles. The zero-order valence-corrected chi connectivity index (χ0v) is 17.0. The lowest BCUT2D eigenvalue weighted by molar-refractivity contribution is 0.0600. The van der Waals surface area contributed by atoms with E-state index in [0.29, 0.717) is 16.9 Å². The van der Waals surface area contributed by atoms with Gasteiger partial charge >= 0.3 is 5.97 Å². The van der Waals surface area contributed by atoms with E-state index in [9.17, 15) is 9.90 Å². The van der Waals surface area contributed by atoms with Crippen molar-refractivity contribution in [3.8, 4) is 11.5 Å². The van der Waals surface area contributed by atoms with Crippen molar-refractivity contribution in [2.45, 2.75) is 59.0 Å². The van der Waals surface area contributed by atoms with Crippen LogP contribution in [0, 0.1) is 0 Å². The first-order chi connectivity index (χ1) is 12.7. The molecule has 4 heteroatoms. The van der Waals surface area contributed by atoms with Crippen molar-refractivity contribution in [2.75, 3.05) is 7.11 Å². The summed E-state index contributed by atoms with van der Waals surface area (Å²) in [6.07, 6.45) is 12.3. The molecule has 1 aliphatic rings. The Morgan fingerprint density at radius 3 is 2.63 bits per heavy atom. The van der Waals surface area contributed by atoms with Crippen LogP contribution in [0.5, 0.6) is 11.5 Å². The minimum Gasteiger partial charge on any atom is -0.504 e. The fraction of sp³-hybridized carbons (Fsp3) is 0.435. The van der Waals surface area contributed by atoms with Gasteiger partial charge in [0.1, 0.15) is 5.60 Å². The number of aromatic hydroxyl groups is 1.